The predicted octanol–water partition coefficient (Wildman–Crippen LogP) is 4.48. The van der Waals surface area contributed by atoms with Crippen molar-refractivity contribution in [2.24, 2.45) is 11.7 Å². The van der Waals surface area contributed by atoms with Crippen LogP contribution in [-0.4, -0.2) is 26.7 Å². The first-order valence-corrected chi connectivity index (χ1v) is 9.67. The Morgan fingerprint density at radius 3 is 2.75 bits per heavy atom. The SMILES string of the molecule is CCC(C)C(N)C(=O)Nc1ccc(Cl)c(-c2nnc3n2CCCCC3)c1.Cl.Cl. The number of aryl methyl sites for hydroxylation is 1. The fourth-order valence-corrected chi connectivity index (χ4v) is 3.40. The molecule has 0 saturated carbocycles. The van der Waals surface area contributed by atoms with Crippen LogP contribution in [0.25, 0.3) is 11.4 Å². The topological polar surface area (TPSA) is 85.8 Å². The second kappa shape index (κ2) is 11.0. The molecule has 0 fully saturated rings. The van der Waals surface area contributed by atoms with Gasteiger partial charge in [-0.2, -0.15) is 0 Å². The number of nitrogens with zero attached hydrogens (tertiary/aromatic N) is 3. The number of halogens is 3. The molecule has 0 spiro atoms. The molecule has 1 aromatic heterocycles. The molecule has 2 unspecified atom stereocenters. The van der Waals surface area contributed by atoms with Crippen LogP contribution in [0.3, 0.4) is 0 Å². The molecular weight excluding hydrogens is 421 g/mol. The first-order valence-electron chi connectivity index (χ1n) is 9.29. The summed E-state index contributed by atoms with van der Waals surface area (Å²) < 4.78 is 2.14. The molecule has 9 heteroatoms. The van der Waals surface area contributed by atoms with Gasteiger partial charge in [-0.3, -0.25) is 4.79 Å². The number of carbonyl (C=O) groups is 1. The monoisotopic (exact) mass is 447 g/mol. The highest BCUT2D eigenvalue weighted by molar-refractivity contribution is 6.33. The summed E-state index contributed by atoms with van der Waals surface area (Å²) in [6.45, 7) is 4.89. The van der Waals surface area contributed by atoms with Crippen LogP contribution >= 0.6 is 36.4 Å². The van der Waals surface area contributed by atoms with Crippen molar-refractivity contribution in [1.29, 1.82) is 0 Å². The van der Waals surface area contributed by atoms with E-state index in [9.17, 15) is 4.79 Å². The lowest BCUT2D eigenvalue weighted by Crippen LogP contribution is -2.40. The molecule has 1 amide bonds. The van der Waals surface area contributed by atoms with Crippen LogP contribution in [0.15, 0.2) is 18.2 Å². The van der Waals surface area contributed by atoms with Crippen LogP contribution in [0.1, 0.15) is 45.4 Å². The second-order valence-electron chi connectivity index (χ2n) is 7.00. The number of aromatic nitrogens is 3. The van der Waals surface area contributed by atoms with Gasteiger partial charge in [-0.1, -0.05) is 38.3 Å². The van der Waals surface area contributed by atoms with E-state index >= 15 is 0 Å². The maximum Gasteiger partial charge on any atom is 0.241 e. The molecule has 0 saturated heterocycles. The lowest BCUT2D eigenvalue weighted by atomic mass is 9.99. The molecule has 156 valence electrons. The molecule has 2 aromatic rings. The highest BCUT2D eigenvalue weighted by atomic mass is 35.5. The van der Waals surface area contributed by atoms with Crippen molar-refractivity contribution in [3.05, 3.63) is 29.0 Å². The molecule has 2 atom stereocenters. The zero-order valence-corrected chi connectivity index (χ0v) is 18.5. The fourth-order valence-electron chi connectivity index (χ4n) is 3.20. The summed E-state index contributed by atoms with van der Waals surface area (Å²) in [7, 11) is 0. The Morgan fingerprint density at radius 1 is 1.29 bits per heavy atom. The predicted molar refractivity (Wildman–Crippen MR) is 119 cm³/mol. The van der Waals surface area contributed by atoms with Gasteiger partial charge < -0.3 is 15.6 Å². The third kappa shape index (κ3) is 5.38. The minimum absolute atomic E-state index is 0. The number of hydrogen-bond donors (Lipinski definition) is 2. The lowest BCUT2D eigenvalue weighted by Gasteiger charge is -2.18. The molecule has 0 radical (unpaired) electrons. The third-order valence-electron chi connectivity index (χ3n) is 5.14. The normalized spacial score (nSPS) is 15.3. The van der Waals surface area contributed by atoms with Gasteiger partial charge in [0.2, 0.25) is 5.91 Å². The van der Waals surface area contributed by atoms with E-state index in [2.05, 4.69) is 20.1 Å². The minimum Gasteiger partial charge on any atom is -0.325 e. The van der Waals surface area contributed by atoms with Gasteiger partial charge >= 0.3 is 0 Å². The summed E-state index contributed by atoms with van der Waals surface area (Å²) in [5.74, 6) is 1.69. The van der Waals surface area contributed by atoms with E-state index < -0.39 is 6.04 Å². The number of anilines is 1. The maximum atomic E-state index is 12.4. The zero-order chi connectivity index (χ0) is 18.7. The maximum absolute atomic E-state index is 12.4. The molecule has 0 bridgehead atoms. The Morgan fingerprint density at radius 2 is 2.04 bits per heavy atom. The molecule has 6 nitrogen and oxygen atoms in total. The number of amides is 1. The third-order valence-corrected chi connectivity index (χ3v) is 5.47. The summed E-state index contributed by atoms with van der Waals surface area (Å²) in [5.41, 5.74) is 7.47. The van der Waals surface area contributed by atoms with Gasteiger partial charge in [0.15, 0.2) is 5.82 Å². The fraction of sp³-hybridized carbons (Fsp3) is 0.526. The lowest BCUT2D eigenvalue weighted by molar-refractivity contribution is -0.118. The molecule has 1 aliphatic heterocycles. The Kier molecular flexibility index (Phi) is 9.70. The van der Waals surface area contributed by atoms with Crippen LogP contribution in [0.2, 0.25) is 5.02 Å². The van der Waals surface area contributed by atoms with Gasteiger partial charge in [0.05, 0.1) is 11.1 Å². The summed E-state index contributed by atoms with van der Waals surface area (Å²) in [5, 5.41) is 12.2. The van der Waals surface area contributed by atoms with Crippen LogP contribution in [0, 0.1) is 5.92 Å². The molecule has 1 aliphatic rings. The van der Waals surface area contributed by atoms with E-state index in [1.54, 1.807) is 12.1 Å². The van der Waals surface area contributed by atoms with Crippen molar-refractivity contribution in [2.75, 3.05) is 5.32 Å². The number of rotatable bonds is 5. The van der Waals surface area contributed by atoms with Gasteiger partial charge in [0, 0.05) is 24.2 Å². The largest absolute Gasteiger partial charge is 0.325 e. The first-order chi connectivity index (χ1) is 12.5. The van der Waals surface area contributed by atoms with E-state index in [0.717, 1.165) is 49.4 Å². The highest BCUT2D eigenvalue weighted by Crippen LogP contribution is 2.31. The van der Waals surface area contributed by atoms with E-state index in [1.807, 2.05) is 19.9 Å². The zero-order valence-electron chi connectivity index (χ0n) is 16.2. The van der Waals surface area contributed by atoms with Crippen LogP contribution in [0.5, 0.6) is 0 Å². The Bertz CT molecular complexity index is 796. The summed E-state index contributed by atoms with van der Waals surface area (Å²) >= 11 is 6.42. The molecule has 2 heterocycles. The van der Waals surface area contributed by atoms with Gasteiger partial charge in [0.1, 0.15) is 5.82 Å². The Labute approximate surface area is 183 Å². The molecule has 1 aromatic carbocycles. The van der Waals surface area contributed by atoms with Crippen LogP contribution in [-0.2, 0) is 17.8 Å². The van der Waals surface area contributed by atoms with Crippen molar-refractivity contribution < 1.29 is 4.79 Å². The molecule has 3 rings (SSSR count). The molecule has 28 heavy (non-hydrogen) atoms. The van der Waals surface area contributed by atoms with Crippen molar-refractivity contribution in [3.8, 4) is 11.4 Å². The Balaban J connectivity index is 0.00000196. The van der Waals surface area contributed by atoms with Gasteiger partial charge in [-0.05, 0) is 37.0 Å². The summed E-state index contributed by atoms with van der Waals surface area (Å²) in [6.07, 6.45) is 5.22. The van der Waals surface area contributed by atoms with Crippen molar-refractivity contribution in [2.45, 2.75) is 58.5 Å². The van der Waals surface area contributed by atoms with Gasteiger partial charge in [0.25, 0.3) is 0 Å². The standard InChI is InChI=1S/C19H26ClN5O.2ClH/c1-3-12(2)17(21)19(26)22-13-8-9-15(20)14(11-13)18-24-23-16-7-5-4-6-10-25(16)18;;/h8-9,11-12,17H,3-7,10,21H2,1-2H3,(H,22,26);2*1H. The number of fused-ring (bicyclic) bond motifs is 1. The molecule has 3 N–H and O–H groups in total. The number of nitrogens with two attached hydrogens (primary N) is 1. The number of hydrogen-bond acceptors (Lipinski definition) is 4. The summed E-state index contributed by atoms with van der Waals surface area (Å²) in [6, 6.07) is 4.88. The van der Waals surface area contributed by atoms with Crippen molar-refractivity contribution >= 4 is 48.0 Å². The van der Waals surface area contributed by atoms with E-state index in [0.29, 0.717) is 10.7 Å². The minimum atomic E-state index is -0.538. The number of nitrogens with one attached hydrogen (secondary N) is 1. The average Bonchev–Trinajstić information content (AvgIpc) is 2.89. The highest BCUT2D eigenvalue weighted by Gasteiger charge is 2.21. The quantitative estimate of drug-likeness (QED) is 0.706. The number of benzene rings is 1. The Hall–Kier alpha value is -1.34. The molecule has 0 aliphatic carbocycles. The summed E-state index contributed by atoms with van der Waals surface area (Å²) in [4.78, 5) is 12.4. The average molecular weight is 449 g/mol. The van der Waals surface area contributed by atoms with Crippen molar-refractivity contribution in [1.82, 2.24) is 14.8 Å². The smallest absolute Gasteiger partial charge is 0.241 e. The van der Waals surface area contributed by atoms with Gasteiger partial charge in [-0.15, -0.1) is 35.0 Å². The van der Waals surface area contributed by atoms with E-state index in [-0.39, 0.29) is 36.6 Å². The van der Waals surface area contributed by atoms with Crippen LogP contribution in [0.4, 0.5) is 5.69 Å². The van der Waals surface area contributed by atoms with E-state index in [4.69, 9.17) is 17.3 Å². The van der Waals surface area contributed by atoms with Crippen LogP contribution < -0.4 is 11.1 Å². The molecular formula is C19H28Cl3N5O. The first kappa shape index (κ1) is 24.7. The van der Waals surface area contributed by atoms with Crippen molar-refractivity contribution in [3.63, 3.8) is 0 Å². The van der Waals surface area contributed by atoms with Gasteiger partial charge in [-0.25, -0.2) is 0 Å². The second-order valence-corrected chi connectivity index (χ2v) is 7.40. The number of carbonyl (C=O) groups excluding carboxylic acids is 1. The van der Waals surface area contributed by atoms with E-state index in [1.165, 1.54) is 6.42 Å².